The van der Waals surface area contributed by atoms with Crippen molar-refractivity contribution in [3.8, 4) is 0 Å². The average molecular weight is 542 g/mol. The summed E-state index contributed by atoms with van der Waals surface area (Å²) in [6, 6.07) is 27.9. The molecule has 0 aromatic heterocycles. The van der Waals surface area contributed by atoms with Crippen molar-refractivity contribution in [1.82, 2.24) is 5.32 Å². The van der Waals surface area contributed by atoms with Gasteiger partial charge in [-0.25, -0.2) is 4.79 Å². The predicted molar refractivity (Wildman–Crippen MR) is 144 cm³/mol. The van der Waals surface area contributed by atoms with Gasteiger partial charge >= 0.3 is 5.97 Å². The molecule has 1 heterocycles. The second-order valence-electron chi connectivity index (χ2n) is 9.32. The minimum atomic E-state index is -0.481. The highest BCUT2D eigenvalue weighted by atomic mass is 79.9. The Bertz CT molecular complexity index is 1340. The first-order valence-electron chi connectivity index (χ1n) is 12.3. The lowest BCUT2D eigenvalue weighted by Gasteiger charge is -2.37. The minimum Gasteiger partial charge on any atom is -0.462 e. The van der Waals surface area contributed by atoms with Gasteiger partial charge in [-0.15, -0.1) is 0 Å². The number of hydrogen-bond acceptors (Lipinski definition) is 4. The summed E-state index contributed by atoms with van der Waals surface area (Å²) in [7, 11) is 0. The van der Waals surface area contributed by atoms with E-state index in [0.29, 0.717) is 24.0 Å². The van der Waals surface area contributed by atoms with Crippen molar-refractivity contribution in [2.45, 2.75) is 38.0 Å². The zero-order chi connectivity index (χ0) is 25.1. The lowest BCUT2D eigenvalue weighted by Crippen LogP contribution is -2.36. The minimum absolute atomic E-state index is 0.0699. The van der Waals surface area contributed by atoms with Crippen molar-refractivity contribution < 1.29 is 14.3 Å². The van der Waals surface area contributed by atoms with Crippen molar-refractivity contribution in [2.75, 3.05) is 6.61 Å². The van der Waals surface area contributed by atoms with Crippen LogP contribution < -0.4 is 5.32 Å². The van der Waals surface area contributed by atoms with Crippen molar-refractivity contribution in [3.63, 3.8) is 0 Å². The van der Waals surface area contributed by atoms with Gasteiger partial charge in [0.15, 0.2) is 5.78 Å². The Balaban J connectivity index is 1.47. The summed E-state index contributed by atoms with van der Waals surface area (Å²) in [5.41, 5.74) is 5.98. The van der Waals surface area contributed by atoms with E-state index in [9.17, 15) is 9.59 Å². The van der Waals surface area contributed by atoms with Crippen molar-refractivity contribution in [1.29, 1.82) is 0 Å². The van der Waals surface area contributed by atoms with Gasteiger partial charge in [0, 0.05) is 40.2 Å². The lowest BCUT2D eigenvalue weighted by molar-refractivity contribution is -0.139. The lowest BCUT2D eigenvalue weighted by atomic mass is 9.72. The first-order valence-corrected chi connectivity index (χ1v) is 13.1. The molecule has 36 heavy (non-hydrogen) atoms. The molecule has 0 spiro atoms. The summed E-state index contributed by atoms with van der Waals surface area (Å²) < 4.78 is 6.63. The summed E-state index contributed by atoms with van der Waals surface area (Å²) in [6.45, 7) is 2.18. The number of carbonyl (C=O) groups is 2. The van der Waals surface area contributed by atoms with Gasteiger partial charge in [0.2, 0.25) is 0 Å². The standard InChI is InChI=1S/C31H28BrNO3/c1-20-28(31(35)36-17-16-21-10-4-2-5-11-21)29(24-14-8-9-15-25(24)32)30-26(33-20)18-23(19-27(30)34)22-12-6-3-7-13-22/h2-15,23,29,33H,16-19H2,1H3. The third-order valence-electron chi connectivity index (χ3n) is 7.00. The molecule has 1 N–H and O–H groups in total. The maximum atomic E-state index is 13.7. The topological polar surface area (TPSA) is 55.4 Å². The summed E-state index contributed by atoms with van der Waals surface area (Å²) in [5.74, 6) is -0.691. The molecule has 1 aliphatic carbocycles. The van der Waals surface area contributed by atoms with E-state index < -0.39 is 5.92 Å². The molecule has 5 heteroatoms. The van der Waals surface area contributed by atoms with Crippen molar-refractivity contribution >= 4 is 27.7 Å². The first kappa shape index (κ1) is 24.3. The van der Waals surface area contributed by atoms with Crippen LogP contribution in [0, 0.1) is 0 Å². The summed E-state index contributed by atoms with van der Waals surface area (Å²) in [5, 5.41) is 3.43. The summed E-state index contributed by atoms with van der Waals surface area (Å²) in [6.07, 6.45) is 1.78. The van der Waals surface area contributed by atoms with E-state index in [1.165, 1.54) is 0 Å². The number of benzene rings is 3. The van der Waals surface area contributed by atoms with Gasteiger partial charge in [-0.05, 0) is 42.0 Å². The predicted octanol–water partition coefficient (Wildman–Crippen LogP) is 6.60. The first-order chi connectivity index (χ1) is 17.5. The Hall–Kier alpha value is -3.44. The molecule has 0 fully saturated rings. The summed E-state index contributed by atoms with van der Waals surface area (Å²) in [4.78, 5) is 27.2. The van der Waals surface area contributed by atoms with Crippen LogP contribution in [0.1, 0.15) is 48.3 Å². The van der Waals surface area contributed by atoms with Gasteiger partial charge in [0.1, 0.15) is 0 Å². The van der Waals surface area contributed by atoms with E-state index in [1.54, 1.807) is 0 Å². The number of Topliss-reactive ketones (excluding diaryl/α,β-unsaturated/α-hetero) is 1. The van der Waals surface area contributed by atoms with E-state index >= 15 is 0 Å². The highest BCUT2D eigenvalue weighted by molar-refractivity contribution is 9.10. The van der Waals surface area contributed by atoms with Gasteiger partial charge in [-0.3, -0.25) is 4.79 Å². The van der Waals surface area contributed by atoms with Crippen molar-refractivity contribution in [3.05, 3.63) is 129 Å². The van der Waals surface area contributed by atoms with Crippen LogP contribution in [0.5, 0.6) is 0 Å². The highest BCUT2D eigenvalue weighted by Gasteiger charge is 2.42. The van der Waals surface area contributed by atoms with Crippen LogP contribution in [-0.4, -0.2) is 18.4 Å². The molecular formula is C31H28BrNO3. The third kappa shape index (κ3) is 4.93. The molecule has 2 atom stereocenters. The molecule has 3 aromatic carbocycles. The highest BCUT2D eigenvalue weighted by Crippen LogP contribution is 2.47. The number of halogens is 1. The number of nitrogens with one attached hydrogen (secondary N) is 1. The van der Waals surface area contributed by atoms with Crippen LogP contribution in [-0.2, 0) is 20.7 Å². The molecule has 3 aromatic rings. The largest absolute Gasteiger partial charge is 0.462 e. The molecule has 2 aliphatic rings. The summed E-state index contributed by atoms with van der Waals surface area (Å²) >= 11 is 3.67. The van der Waals surface area contributed by atoms with Crippen LogP contribution in [0.25, 0.3) is 0 Å². The van der Waals surface area contributed by atoms with Gasteiger partial charge in [-0.2, -0.15) is 0 Å². The number of ether oxygens (including phenoxy) is 1. The van der Waals surface area contributed by atoms with Gasteiger partial charge in [0.05, 0.1) is 12.2 Å². The fourth-order valence-corrected chi connectivity index (χ4v) is 5.79. The molecule has 0 amide bonds. The number of ketones is 1. The van der Waals surface area contributed by atoms with Crippen molar-refractivity contribution in [2.24, 2.45) is 0 Å². The molecule has 2 unspecified atom stereocenters. The van der Waals surface area contributed by atoms with E-state index in [-0.39, 0.29) is 24.3 Å². The fourth-order valence-electron chi connectivity index (χ4n) is 5.27. The van der Waals surface area contributed by atoms with Gasteiger partial charge in [-0.1, -0.05) is 94.8 Å². The second kappa shape index (κ2) is 10.7. The molecular weight excluding hydrogens is 514 g/mol. The maximum absolute atomic E-state index is 13.7. The second-order valence-corrected chi connectivity index (χ2v) is 10.2. The van der Waals surface area contributed by atoms with E-state index in [4.69, 9.17) is 4.74 Å². The Morgan fingerprint density at radius 2 is 1.61 bits per heavy atom. The Kier molecular flexibility index (Phi) is 7.19. The number of esters is 1. The number of hydrogen-bond donors (Lipinski definition) is 1. The van der Waals surface area contributed by atoms with Gasteiger partial charge < -0.3 is 10.1 Å². The monoisotopic (exact) mass is 541 g/mol. The number of carbonyl (C=O) groups excluding carboxylic acids is 2. The number of dihydropyridines is 1. The molecule has 5 rings (SSSR count). The van der Waals surface area contributed by atoms with Crippen LogP contribution in [0.15, 0.2) is 112 Å². The van der Waals surface area contributed by atoms with Crippen LogP contribution in [0.4, 0.5) is 0 Å². The van der Waals surface area contributed by atoms with Crippen LogP contribution in [0.3, 0.4) is 0 Å². The SMILES string of the molecule is CC1=C(C(=O)OCCc2ccccc2)C(c2ccccc2Br)C2=C(CC(c3ccccc3)CC2=O)N1. The number of rotatable bonds is 6. The molecule has 1 aliphatic heterocycles. The zero-order valence-electron chi connectivity index (χ0n) is 20.2. The molecule has 182 valence electrons. The normalized spacial score (nSPS) is 19.6. The Morgan fingerprint density at radius 3 is 2.33 bits per heavy atom. The van der Waals surface area contributed by atoms with Crippen LogP contribution in [0.2, 0.25) is 0 Å². The smallest absolute Gasteiger partial charge is 0.336 e. The number of allylic oxidation sites excluding steroid dienone is 3. The fraction of sp³-hybridized carbons (Fsp3) is 0.226. The zero-order valence-corrected chi connectivity index (χ0v) is 21.8. The molecule has 0 saturated carbocycles. The third-order valence-corrected chi connectivity index (χ3v) is 7.72. The Morgan fingerprint density at radius 1 is 0.944 bits per heavy atom. The average Bonchev–Trinajstić information content (AvgIpc) is 2.89. The van der Waals surface area contributed by atoms with Crippen LogP contribution >= 0.6 is 15.9 Å². The van der Waals surface area contributed by atoms with E-state index in [0.717, 1.165) is 39.0 Å². The van der Waals surface area contributed by atoms with Gasteiger partial charge in [0.25, 0.3) is 0 Å². The Labute approximate surface area is 220 Å². The maximum Gasteiger partial charge on any atom is 0.336 e. The quantitative estimate of drug-likeness (QED) is 0.357. The molecule has 4 nitrogen and oxygen atoms in total. The molecule has 0 bridgehead atoms. The molecule has 0 radical (unpaired) electrons. The van der Waals surface area contributed by atoms with E-state index in [1.807, 2.05) is 79.7 Å². The molecule has 0 saturated heterocycles. The van der Waals surface area contributed by atoms with E-state index in [2.05, 4.69) is 33.4 Å².